The van der Waals surface area contributed by atoms with Gasteiger partial charge in [0.2, 0.25) is 0 Å². The fourth-order valence-electron chi connectivity index (χ4n) is 2.11. The molecule has 1 unspecified atom stereocenters. The molecule has 0 aliphatic carbocycles. The molecule has 0 aliphatic rings. The van der Waals surface area contributed by atoms with Gasteiger partial charge in [-0.15, -0.1) is 0 Å². The van der Waals surface area contributed by atoms with E-state index in [1.165, 1.54) is 25.8 Å². The Morgan fingerprint density at radius 1 is 1.12 bits per heavy atom. The van der Waals surface area contributed by atoms with Gasteiger partial charge in [-0.2, -0.15) is 0 Å². The first-order chi connectivity index (χ1) is 8.01. The van der Waals surface area contributed by atoms with E-state index in [0.29, 0.717) is 12.0 Å². The van der Waals surface area contributed by atoms with Gasteiger partial charge in [-0.25, -0.2) is 0 Å². The van der Waals surface area contributed by atoms with Gasteiger partial charge in [0, 0.05) is 32.2 Å². The summed E-state index contributed by atoms with van der Waals surface area (Å²) in [6.45, 7) is 11.0. The molecule has 104 valence electrons. The molecule has 0 saturated heterocycles. The first kappa shape index (κ1) is 16.9. The summed E-state index contributed by atoms with van der Waals surface area (Å²) < 4.78 is 0. The van der Waals surface area contributed by atoms with Crippen LogP contribution in [0.5, 0.6) is 0 Å². The van der Waals surface area contributed by atoms with Crippen molar-refractivity contribution in [2.45, 2.75) is 46.1 Å². The van der Waals surface area contributed by atoms with Crippen LogP contribution >= 0.6 is 0 Å². The summed E-state index contributed by atoms with van der Waals surface area (Å²) >= 11 is 0. The highest BCUT2D eigenvalue weighted by Gasteiger charge is 2.17. The predicted octanol–water partition coefficient (Wildman–Crippen LogP) is 2.02. The standard InChI is InChI=1S/C14H33N3/c1-6-7-8-14(11-15)17(12-13(2)3)10-9-16(4)5/h13-14H,6-12,15H2,1-5H3. The molecule has 0 heterocycles. The van der Waals surface area contributed by atoms with Crippen molar-refractivity contribution in [3.05, 3.63) is 0 Å². The van der Waals surface area contributed by atoms with E-state index in [-0.39, 0.29) is 0 Å². The monoisotopic (exact) mass is 243 g/mol. The van der Waals surface area contributed by atoms with E-state index in [1.807, 2.05) is 0 Å². The number of hydrogen-bond acceptors (Lipinski definition) is 3. The molecule has 0 rings (SSSR count). The molecule has 0 saturated carbocycles. The minimum atomic E-state index is 0.567. The van der Waals surface area contributed by atoms with Crippen molar-refractivity contribution >= 4 is 0 Å². The summed E-state index contributed by atoms with van der Waals surface area (Å²) in [4.78, 5) is 4.83. The van der Waals surface area contributed by atoms with Crippen molar-refractivity contribution in [2.75, 3.05) is 40.3 Å². The second kappa shape index (κ2) is 9.86. The fraction of sp³-hybridized carbons (Fsp3) is 1.00. The largest absolute Gasteiger partial charge is 0.329 e. The van der Waals surface area contributed by atoms with Gasteiger partial charge in [-0.1, -0.05) is 33.6 Å². The smallest absolute Gasteiger partial charge is 0.0219 e. The number of hydrogen-bond donors (Lipinski definition) is 1. The average molecular weight is 243 g/mol. The van der Waals surface area contributed by atoms with Crippen LogP contribution in [0, 0.1) is 5.92 Å². The first-order valence-corrected chi connectivity index (χ1v) is 7.10. The number of rotatable bonds is 10. The lowest BCUT2D eigenvalue weighted by Gasteiger charge is -2.33. The van der Waals surface area contributed by atoms with E-state index in [9.17, 15) is 0 Å². The van der Waals surface area contributed by atoms with E-state index in [2.05, 4.69) is 44.7 Å². The van der Waals surface area contributed by atoms with Crippen LogP contribution in [0.25, 0.3) is 0 Å². The minimum Gasteiger partial charge on any atom is -0.329 e. The van der Waals surface area contributed by atoms with E-state index in [0.717, 1.165) is 19.6 Å². The van der Waals surface area contributed by atoms with E-state index in [4.69, 9.17) is 5.73 Å². The number of likely N-dealkylation sites (N-methyl/N-ethyl adjacent to an activating group) is 1. The third-order valence-corrected chi connectivity index (χ3v) is 3.11. The SMILES string of the molecule is CCCCC(CN)N(CCN(C)C)CC(C)C. The summed E-state index contributed by atoms with van der Waals surface area (Å²) in [5.74, 6) is 0.716. The Hall–Kier alpha value is -0.120. The highest BCUT2D eigenvalue weighted by molar-refractivity contribution is 4.74. The molecule has 0 spiro atoms. The quantitative estimate of drug-likeness (QED) is 0.637. The summed E-state index contributed by atoms with van der Waals surface area (Å²) in [5, 5.41) is 0. The molecule has 17 heavy (non-hydrogen) atoms. The van der Waals surface area contributed by atoms with Gasteiger partial charge in [0.1, 0.15) is 0 Å². The number of unbranched alkanes of at least 4 members (excludes halogenated alkanes) is 1. The molecule has 0 bridgehead atoms. The van der Waals surface area contributed by atoms with Gasteiger partial charge in [0.15, 0.2) is 0 Å². The molecule has 0 amide bonds. The molecule has 3 heteroatoms. The van der Waals surface area contributed by atoms with Crippen LogP contribution in [-0.4, -0.2) is 56.1 Å². The van der Waals surface area contributed by atoms with Crippen LogP contribution in [0.15, 0.2) is 0 Å². The fourth-order valence-corrected chi connectivity index (χ4v) is 2.11. The van der Waals surface area contributed by atoms with E-state index >= 15 is 0 Å². The first-order valence-electron chi connectivity index (χ1n) is 7.10. The van der Waals surface area contributed by atoms with Gasteiger partial charge in [0.05, 0.1) is 0 Å². The maximum atomic E-state index is 5.94. The second-order valence-corrected chi connectivity index (χ2v) is 5.72. The predicted molar refractivity (Wildman–Crippen MR) is 77.3 cm³/mol. The molecule has 2 N–H and O–H groups in total. The zero-order chi connectivity index (χ0) is 13.3. The molecular weight excluding hydrogens is 210 g/mol. The molecular formula is C14H33N3. The summed E-state index contributed by atoms with van der Waals surface area (Å²) in [7, 11) is 4.27. The number of nitrogens with zero attached hydrogens (tertiary/aromatic N) is 2. The van der Waals surface area contributed by atoms with Gasteiger partial charge in [0.25, 0.3) is 0 Å². The Bertz CT molecular complexity index is 169. The van der Waals surface area contributed by atoms with Crippen LogP contribution in [0.4, 0.5) is 0 Å². The topological polar surface area (TPSA) is 32.5 Å². The van der Waals surface area contributed by atoms with Crippen LogP contribution in [0.3, 0.4) is 0 Å². The van der Waals surface area contributed by atoms with Crippen molar-refractivity contribution in [2.24, 2.45) is 11.7 Å². The van der Waals surface area contributed by atoms with E-state index in [1.54, 1.807) is 0 Å². The van der Waals surface area contributed by atoms with Crippen molar-refractivity contribution in [1.29, 1.82) is 0 Å². The molecule has 0 aliphatic heterocycles. The van der Waals surface area contributed by atoms with Crippen molar-refractivity contribution in [1.82, 2.24) is 9.80 Å². The molecule has 0 radical (unpaired) electrons. The third kappa shape index (κ3) is 8.58. The Morgan fingerprint density at radius 3 is 2.18 bits per heavy atom. The Morgan fingerprint density at radius 2 is 1.76 bits per heavy atom. The minimum absolute atomic E-state index is 0.567. The second-order valence-electron chi connectivity index (χ2n) is 5.72. The number of nitrogens with two attached hydrogens (primary N) is 1. The molecule has 3 nitrogen and oxygen atoms in total. The lowest BCUT2D eigenvalue weighted by Crippen LogP contribution is -2.45. The average Bonchev–Trinajstić information content (AvgIpc) is 2.25. The zero-order valence-electron chi connectivity index (χ0n) is 12.6. The highest BCUT2D eigenvalue weighted by Crippen LogP contribution is 2.10. The molecule has 0 aromatic carbocycles. The highest BCUT2D eigenvalue weighted by atomic mass is 15.2. The molecule has 0 aromatic heterocycles. The lowest BCUT2D eigenvalue weighted by atomic mass is 10.1. The zero-order valence-corrected chi connectivity index (χ0v) is 12.6. The Labute approximate surface area is 108 Å². The van der Waals surface area contributed by atoms with Crippen molar-refractivity contribution in [3.63, 3.8) is 0 Å². The van der Waals surface area contributed by atoms with Gasteiger partial charge < -0.3 is 10.6 Å². The molecule has 1 atom stereocenters. The molecule has 0 fully saturated rings. The van der Waals surface area contributed by atoms with Crippen LogP contribution in [-0.2, 0) is 0 Å². The van der Waals surface area contributed by atoms with Gasteiger partial charge in [-0.3, -0.25) is 4.90 Å². The van der Waals surface area contributed by atoms with Crippen molar-refractivity contribution in [3.8, 4) is 0 Å². The Balaban J connectivity index is 4.28. The van der Waals surface area contributed by atoms with Crippen LogP contribution < -0.4 is 5.73 Å². The Kier molecular flexibility index (Phi) is 9.79. The van der Waals surface area contributed by atoms with Crippen LogP contribution in [0.2, 0.25) is 0 Å². The third-order valence-electron chi connectivity index (χ3n) is 3.11. The maximum Gasteiger partial charge on any atom is 0.0219 e. The lowest BCUT2D eigenvalue weighted by molar-refractivity contribution is 0.154. The van der Waals surface area contributed by atoms with Gasteiger partial charge in [-0.05, 0) is 26.4 Å². The van der Waals surface area contributed by atoms with Gasteiger partial charge >= 0.3 is 0 Å². The summed E-state index contributed by atoms with van der Waals surface area (Å²) in [6.07, 6.45) is 3.80. The van der Waals surface area contributed by atoms with E-state index < -0.39 is 0 Å². The van der Waals surface area contributed by atoms with Crippen molar-refractivity contribution < 1.29 is 0 Å². The van der Waals surface area contributed by atoms with Crippen LogP contribution in [0.1, 0.15) is 40.0 Å². The molecule has 0 aromatic rings. The normalized spacial score (nSPS) is 13.9. The summed E-state index contributed by atoms with van der Waals surface area (Å²) in [6, 6.07) is 0.567. The summed E-state index contributed by atoms with van der Waals surface area (Å²) in [5.41, 5.74) is 5.94. The maximum absolute atomic E-state index is 5.94.